The van der Waals surface area contributed by atoms with E-state index in [9.17, 15) is 4.79 Å². The summed E-state index contributed by atoms with van der Waals surface area (Å²) in [7, 11) is 0. The van der Waals surface area contributed by atoms with Crippen molar-refractivity contribution in [3.63, 3.8) is 0 Å². The second kappa shape index (κ2) is 14.5. The van der Waals surface area contributed by atoms with Gasteiger partial charge in [0.25, 0.3) is 0 Å². The highest BCUT2D eigenvalue weighted by molar-refractivity contribution is 5.77. The van der Waals surface area contributed by atoms with Crippen LogP contribution in [0.4, 0.5) is 11.4 Å². The van der Waals surface area contributed by atoms with Gasteiger partial charge in [0, 0.05) is 6.61 Å². The number of esters is 1. The van der Waals surface area contributed by atoms with Crippen molar-refractivity contribution >= 4 is 17.3 Å². The standard InChI is InChI=1S/C25H34N2O3/c1-3-5-7-8-12-15-24(29-20-6-4-2)25(28)30-23-18-16-22(17-19-23)27-26-21-13-10-9-11-14-21/h9-11,13-14,16-19,24H,3-8,12,15,20H2,1-2H3/b27-26+. The van der Waals surface area contributed by atoms with Gasteiger partial charge in [-0.15, -0.1) is 0 Å². The number of rotatable bonds is 14. The van der Waals surface area contributed by atoms with Crippen LogP contribution in [0.5, 0.6) is 5.75 Å². The van der Waals surface area contributed by atoms with Crippen LogP contribution in [0.1, 0.15) is 65.2 Å². The van der Waals surface area contributed by atoms with E-state index in [0.717, 1.165) is 31.4 Å². The Morgan fingerprint density at radius 2 is 1.43 bits per heavy atom. The third-order valence-corrected chi connectivity index (χ3v) is 4.74. The summed E-state index contributed by atoms with van der Waals surface area (Å²) in [6.45, 7) is 4.89. The number of carbonyl (C=O) groups excluding carboxylic acids is 1. The third-order valence-electron chi connectivity index (χ3n) is 4.74. The van der Waals surface area contributed by atoms with Crippen molar-refractivity contribution in [3.8, 4) is 5.75 Å². The summed E-state index contributed by atoms with van der Waals surface area (Å²) >= 11 is 0. The molecule has 2 rings (SSSR count). The van der Waals surface area contributed by atoms with E-state index in [1.54, 1.807) is 24.3 Å². The SMILES string of the molecule is CCCCCCCC(OCCCC)C(=O)Oc1ccc(/N=N/c2ccccc2)cc1. The molecule has 0 saturated heterocycles. The summed E-state index contributed by atoms with van der Waals surface area (Å²) in [4.78, 5) is 12.6. The zero-order valence-electron chi connectivity index (χ0n) is 18.3. The van der Waals surface area contributed by atoms with Gasteiger partial charge in [0.15, 0.2) is 6.10 Å². The second-order valence-corrected chi connectivity index (χ2v) is 7.37. The number of hydrogen-bond acceptors (Lipinski definition) is 5. The number of carbonyl (C=O) groups is 1. The lowest BCUT2D eigenvalue weighted by Gasteiger charge is -2.16. The fourth-order valence-electron chi connectivity index (χ4n) is 2.95. The number of ether oxygens (including phenoxy) is 2. The molecule has 0 aromatic heterocycles. The van der Waals surface area contributed by atoms with Crippen molar-refractivity contribution in [2.24, 2.45) is 10.2 Å². The van der Waals surface area contributed by atoms with Crippen molar-refractivity contribution in [2.75, 3.05) is 6.61 Å². The van der Waals surface area contributed by atoms with Gasteiger partial charge in [-0.3, -0.25) is 0 Å². The van der Waals surface area contributed by atoms with Crippen LogP contribution in [-0.4, -0.2) is 18.7 Å². The molecule has 0 saturated carbocycles. The Balaban J connectivity index is 1.88. The van der Waals surface area contributed by atoms with Gasteiger partial charge in [-0.2, -0.15) is 10.2 Å². The molecule has 2 aromatic carbocycles. The van der Waals surface area contributed by atoms with Crippen LogP contribution in [-0.2, 0) is 9.53 Å². The highest BCUT2D eigenvalue weighted by Crippen LogP contribution is 2.22. The Hall–Kier alpha value is -2.53. The van der Waals surface area contributed by atoms with E-state index in [-0.39, 0.29) is 5.97 Å². The first-order valence-corrected chi connectivity index (χ1v) is 11.1. The summed E-state index contributed by atoms with van der Waals surface area (Å²) in [6.07, 6.45) is 7.93. The van der Waals surface area contributed by atoms with Crippen LogP contribution in [0, 0.1) is 0 Å². The van der Waals surface area contributed by atoms with E-state index in [1.165, 1.54) is 19.3 Å². The average molecular weight is 411 g/mol. The van der Waals surface area contributed by atoms with Gasteiger partial charge in [-0.05, 0) is 49.2 Å². The Kier molecular flexibility index (Phi) is 11.4. The molecule has 0 spiro atoms. The number of nitrogens with zero attached hydrogens (tertiary/aromatic N) is 2. The third kappa shape index (κ3) is 9.31. The minimum Gasteiger partial charge on any atom is -0.425 e. The number of hydrogen-bond donors (Lipinski definition) is 0. The molecule has 0 radical (unpaired) electrons. The molecule has 0 aliphatic rings. The van der Waals surface area contributed by atoms with E-state index >= 15 is 0 Å². The Morgan fingerprint density at radius 3 is 2.10 bits per heavy atom. The van der Waals surface area contributed by atoms with Crippen LogP contribution in [0.15, 0.2) is 64.8 Å². The van der Waals surface area contributed by atoms with Gasteiger partial charge < -0.3 is 9.47 Å². The van der Waals surface area contributed by atoms with E-state index in [0.29, 0.717) is 24.5 Å². The number of benzene rings is 2. The first kappa shape index (κ1) is 23.7. The van der Waals surface area contributed by atoms with Gasteiger partial charge in [0.05, 0.1) is 11.4 Å². The lowest BCUT2D eigenvalue weighted by molar-refractivity contribution is -0.148. The first-order valence-electron chi connectivity index (χ1n) is 11.1. The van der Waals surface area contributed by atoms with E-state index < -0.39 is 6.10 Å². The molecule has 0 N–H and O–H groups in total. The van der Waals surface area contributed by atoms with Gasteiger partial charge in [0.1, 0.15) is 5.75 Å². The van der Waals surface area contributed by atoms with Crippen molar-refractivity contribution in [3.05, 3.63) is 54.6 Å². The van der Waals surface area contributed by atoms with E-state index in [4.69, 9.17) is 9.47 Å². The maximum absolute atomic E-state index is 12.6. The predicted molar refractivity (Wildman–Crippen MR) is 121 cm³/mol. The minimum atomic E-state index is -0.504. The van der Waals surface area contributed by atoms with Crippen LogP contribution < -0.4 is 4.74 Å². The van der Waals surface area contributed by atoms with Crippen molar-refractivity contribution in [1.82, 2.24) is 0 Å². The Bertz CT molecular complexity index is 745. The summed E-state index contributed by atoms with van der Waals surface area (Å²) in [5.41, 5.74) is 1.49. The molecule has 30 heavy (non-hydrogen) atoms. The molecule has 5 heteroatoms. The molecule has 0 amide bonds. The molecular weight excluding hydrogens is 376 g/mol. The zero-order valence-corrected chi connectivity index (χ0v) is 18.3. The Labute approximate surface area is 180 Å². The zero-order chi connectivity index (χ0) is 21.4. The van der Waals surface area contributed by atoms with Gasteiger partial charge in [-0.25, -0.2) is 4.79 Å². The molecule has 1 unspecified atom stereocenters. The highest BCUT2D eigenvalue weighted by atomic mass is 16.6. The maximum atomic E-state index is 12.6. The van der Waals surface area contributed by atoms with E-state index in [2.05, 4.69) is 24.1 Å². The number of unbranched alkanes of at least 4 members (excludes halogenated alkanes) is 5. The van der Waals surface area contributed by atoms with Crippen LogP contribution in [0.3, 0.4) is 0 Å². The van der Waals surface area contributed by atoms with Crippen LogP contribution in [0.25, 0.3) is 0 Å². The van der Waals surface area contributed by atoms with E-state index in [1.807, 2.05) is 30.3 Å². The molecule has 0 aliphatic heterocycles. The summed E-state index contributed by atoms with van der Waals surface area (Å²) in [6, 6.07) is 16.6. The molecule has 1 atom stereocenters. The van der Waals surface area contributed by atoms with Crippen molar-refractivity contribution in [2.45, 2.75) is 71.3 Å². The molecule has 0 bridgehead atoms. The minimum absolute atomic E-state index is 0.319. The molecule has 2 aromatic rings. The molecular formula is C25H34N2O3. The van der Waals surface area contributed by atoms with Gasteiger partial charge in [0.2, 0.25) is 0 Å². The normalized spacial score (nSPS) is 12.2. The van der Waals surface area contributed by atoms with Crippen molar-refractivity contribution < 1.29 is 14.3 Å². The van der Waals surface area contributed by atoms with Crippen molar-refractivity contribution in [1.29, 1.82) is 0 Å². The maximum Gasteiger partial charge on any atom is 0.340 e. The largest absolute Gasteiger partial charge is 0.425 e. The van der Waals surface area contributed by atoms with Gasteiger partial charge in [-0.1, -0.05) is 70.6 Å². The molecule has 0 heterocycles. The molecule has 162 valence electrons. The number of azo groups is 1. The monoisotopic (exact) mass is 410 g/mol. The topological polar surface area (TPSA) is 60.2 Å². The lowest BCUT2D eigenvalue weighted by Crippen LogP contribution is -2.29. The second-order valence-electron chi connectivity index (χ2n) is 7.37. The first-order chi connectivity index (χ1) is 14.7. The fourth-order valence-corrected chi connectivity index (χ4v) is 2.95. The van der Waals surface area contributed by atoms with Crippen LogP contribution in [0.2, 0.25) is 0 Å². The quantitative estimate of drug-likeness (QED) is 0.140. The smallest absolute Gasteiger partial charge is 0.340 e. The highest BCUT2D eigenvalue weighted by Gasteiger charge is 2.21. The lowest BCUT2D eigenvalue weighted by atomic mass is 10.1. The van der Waals surface area contributed by atoms with Gasteiger partial charge >= 0.3 is 5.97 Å². The fraction of sp³-hybridized carbons (Fsp3) is 0.480. The van der Waals surface area contributed by atoms with Crippen LogP contribution >= 0.6 is 0 Å². The molecule has 0 fully saturated rings. The summed E-state index contributed by atoms with van der Waals surface area (Å²) in [5.74, 6) is 0.175. The molecule has 5 nitrogen and oxygen atoms in total. The predicted octanol–water partition coefficient (Wildman–Crippen LogP) is 7.55. The average Bonchev–Trinajstić information content (AvgIpc) is 2.78. The Morgan fingerprint density at radius 1 is 0.800 bits per heavy atom. The summed E-state index contributed by atoms with van der Waals surface area (Å²) in [5, 5.41) is 8.40. The molecule has 0 aliphatic carbocycles. The summed E-state index contributed by atoms with van der Waals surface area (Å²) < 4.78 is 11.4.